The largest absolute Gasteiger partial charge is 0.396 e. The molecule has 2 unspecified atom stereocenters. The summed E-state index contributed by atoms with van der Waals surface area (Å²) in [7, 11) is 0. The Morgan fingerprint density at radius 3 is 2.56 bits per heavy atom. The molecule has 1 nitrogen and oxygen atoms in total. The molecule has 0 aromatic carbocycles. The van der Waals surface area contributed by atoms with Gasteiger partial charge in [0.25, 0.3) is 0 Å². The fourth-order valence-electron chi connectivity index (χ4n) is 1.26. The molecule has 0 aliphatic heterocycles. The van der Waals surface area contributed by atoms with E-state index in [1.165, 1.54) is 0 Å². The van der Waals surface area contributed by atoms with Crippen molar-refractivity contribution < 1.29 is 5.11 Å². The number of aliphatic hydroxyl groups is 1. The first kappa shape index (κ1) is 6.81. The molecule has 52 valence electrons. The van der Waals surface area contributed by atoms with Crippen LogP contribution in [0.4, 0.5) is 0 Å². The van der Waals surface area contributed by atoms with Crippen LogP contribution in [0.3, 0.4) is 0 Å². The molecule has 9 heavy (non-hydrogen) atoms. The van der Waals surface area contributed by atoms with Crippen LogP contribution in [0.25, 0.3) is 0 Å². The summed E-state index contributed by atoms with van der Waals surface area (Å²) < 4.78 is 0. The van der Waals surface area contributed by atoms with Crippen molar-refractivity contribution in [3.8, 4) is 0 Å². The Hall–Kier alpha value is -0.300. The fourth-order valence-corrected chi connectivity index (χ4v) is 1.26. The van der Waals surface area contributed by atoms with Gasteiger partial charge in [0, 0.05) is 6.61 Å². The average molecular weight is 126 g/mol. The lowest BCUT2D eigenvalue weighted by Crippen LogP contribution is -2.16. The molecule has 1 rings (SSSR count). The quantitative estimate of drug-likeness (QED) is 0.529. The van der Waals surface area contributed by atoms with E-state index in [9.17, 15) is 0 Å². The third-order valence-electron chi connectivity index (χ3n) is 2.15. The molecule has 1 aliphatic carbocycles. The summed E-state index contributed by atoms with van der Waals surface area (Å²) in [5.41, 5.74) is 0. The summed E-state index contributed by atoms with van der Waals surface area (Å²) in [6, 6.07) is 0. The molecule has 2 atom stereocenters. The summed E-state index contributed by atoms with van der Waals surface area (Å²) in [6.07, 6.45) is 6.58. The first-order valence-electron chi connectivity index (χ1n) is 3.60. The molecular formula is C8H14O. The lowest BCUT2D eigenvalue weighted by Gasteiger charge is -2.22. The van der Waals surface area contributed by atoms with Crippen LogP contribution in [-0.4, -0.2) is 11.7 Å². The molecule has 0 amide bonds. The zero-order valence-corrected chi connectivity index (χ0v) is 5.88. The second kappa shape index (κ2) is 3.02. The Morgan fingerprint density at radius 2 is 2.11 bits per heavy atom. The van der Waals surface area contributed by atoms with E-state index in [4.69, 9.17) is 5.11 Å². The molecule has 1 N–H and O–H groups in total. The van der Waals surface area contributed by atoms with Crippen LogP contribution in [0, 0.1) is 11.8 Å². The van der Waals surface area contributed by atoms with Gasteiger partial charge in [-0.2, -0.15) is 0 Å². The average Bonchev–Trinajstić information content (AvgIpc) is 1.89. The Labute approximate surface area is 56.4 Å². The van der Waals surface area contributed by atoms with Crippen LogP contribution in [0.15, 0.2) is 12.2 Å². The van der Waals surface area contributed by atoms with Gasteiger partial charge in [-0.05, 0) is 24.7 Å². The predicted octanol–water partition coefficient (Wildman–Crippen LogP) is 1.58. The van der Waals surface area contributed by atoms with Crippen molar-refractivity contribution in [3.63, 3.8) is 0 Å². The smallest absolute Gasteiger partial charge is 0.0464 e. The second-order valence-electron chi connectivity index (χ2n) is 2.86. The van der Waals surface area contributed by atoms with Crippen LogP contribution in [0.2, 0.25) is 0 Å². The number of hydrogen-bond acceptors (Lipinski definition) is 1. The molecule has 0 saturated carbocycles. The maximum atomic E-state index is 8.83. The van der Waals surface area contributed by atoms with Crippen molar-refractivity contribution in [2.75, 3.05) is 6.61 Å². The normalized spacial score (nSPS) is 34.9. The summed E-state index contributed by atoms with van der Waals surface area (Å²) in [6.45, 7) is 2.55. The lowest BCUT2D eigenvalue weighted by atomic mass is 9.85. The maximum Gasteiger partial charge on any atom is 0.0464 e. The Kier molecular flexibility index (Phi) is 2.29. The van der Waals surface area contributed by atoms with Gasteiger partial charge in [-0.3, -0.25) is 0 Å². The molecular weight excluding hydrogens is 112 g/mol. The molecule has 0 bridgehead atoms. The standard InChI is InChI=1S/C8H14O/c1-7-4-2-3-5-8(7)6-9/h2-3,7-9H,4-6H2,1H3. The van der Waals surface area contributed by atoms with Crippen molar-refractivity contribution in [3.05, 3.63) is 12.2 Å². The number of allylic oxidation sites excluding steroid dienone is 2. The van der Waals surface area contributed by atoms with E-state index in [1.54, 1.807) is 0 Å². The molecule has 0 aromatic heterocycles. The zero-order valence-electron chi connectivity index (χ0n) is 5.88. The van der Waals surface area contributed by atoms with Crippen molar-refractivity contribution in [1.82, 2.24) is 0 Å². The van der Waals surface area contributed by atoms with E-state index in [0.717, 1.165) is 12.8 Å². The molecule has 0 spiro atoms. The van der Waals surface area contributed by atoms with Crippen molar-refractivity contribution >= 4 is 0 Å². The molecule has 0 heterocycles. The minimum absolute atomic E-state index is 0.353. The van der Waals surface area contributed by atoms with Crippen LogP contribution in [-0.2, 0) is 0 Å². The van der Waals surface area contributed by atoms with Crippen LogP contribution in [0.1, 0.15) is 19.8 Å². The second-order valence-corrected chi connectivity index (χ2v) is 2.86. The highest BCUT2D eigenvalue weighted by Gasteiger charge is 2.16. The third-order valence-corrected chi connectivity index (χ3v) is 2.15. The summed E-state index contributed by atoms with van der Waals surface area (Å²) >= 11 is 0. The van der Waals surface area contributed by atoms with Crippen LogP contribution < -0.4 is 0 Å². The van der Waals surface area contributed by atoms with Gasteiger partial charge in [-0.1, -0.05) is 19.1 Å². The SMILES string of the molecule is CC1CC=CCC1CO. The van der Waals surface area contributed by atoms with Crippen molar-refractivity contribution in [2.45, 2.75) is 19.8 Å². The first-order valence-corrected chi connectivity index (χ1v) is 3.60. The number of hydrogen-bond donors (Lipinski definition) is 1. The van der Waals surface area contributed by atoms with Crippen molar-refractivity contribution in [2.24, 2.45) is 11.8 Å². The fraction of sp³-hybridized carbons (Fsp3) is 0.750. The van der Waals surface area contributed by atoms with Crippen LogP contribution in [0.5, 0.6) is 0 Å². The van der Waals surface area contributed by atoms with Gasteiger partial charge in [0.05, 0.1) is 0 Å². The zero-order chi connectivity index (χ0) is 6.69. The molecule has 0 fully saturated rings. The highest BCUT2D eigenvalue weighted by Crippen LogP contribution is 2.23. The first-order chi connectivity index (χ1) is 4.34. The molecule has 0 radical (unpaired) electrons. The number of aliphatic hydroxyl groups excluding tert-OH is 1. The Bertz CT molecular complexity index is 107. The van der Waals surface area contributed by atoms with Gasteiger partial charge < -0.3 is 5.11 Å². The van der Waals surface area contributed by atoms with E-state index in [-0.39, 0.29) is 0 Å². The van der Waals surface area contributed by atoms with E-state index in [2.05, 4.69) is 19.1 Å². The van der Waals surface area contributed by atoms with Gasteiger partial charge in [-0.15, -0.1) is 0 Å². The van der Waals surface area contributed by atoms with Gasteiger partial charge in [-0.25, -0.2) is 0 Å². The minimum atomic E-state index is 0.353. The van der Waals surface area contributed by atoms with Crippen LogP contribution >= 0.6 is 0 Å². The predicted molar refractivity (Wildman–Crippen MR) is 38.1 cm³/mol. The molecule has 0 saturated heterocycles. The summed E-state index contributed by atoms with van der Waals surface area (Å²) in [4.78, 5) is 0. The highest BCUT2D eigenvalue weighted by atomic mass is 16.3. The number of rotatable bonds is 1. The molecule has 1 heteroatoms. The minimum Gasteiger partial charge on any atom is -0.396 e. The maximum absolute atomic E-state index is 8.83. The highest BCUT2D eigenvalue weighted by molar-refractivity contribution is 4.92. The van der Waals surface area contributed by atoms with E-state index in [1.807, 2.05) is 0 Å². The third kappa shape index (κ3) is 1.55. The van der Waals surface area contributed by atoms with E-state index < -0.39 is 0 Å². The van der Waals surface area contributed by atoms with Gasteiger partial charge in [0.15, 0.2) is 0 Å². The summed E-state index contributed by atoms with van der Waals surface area (Å²) in [5.74, 6) is 1.20. The van der Waals surface area contributed by atoms with E-state index in [0.29, 0.717) is 18.4 Å². The van der Waals surface area contributed by atoms with E-state index >= 15 is 0 Å². The molecule has 0 aromatic rings. The lowest BCUT2D eigenvalue weighted by molar-refractivity contribution is 0.180. The van der Waals surface area contributed by atoms with Gasteiger partial charge in [0.1, 0.15) is 0 Å². The Balaban J connectivity index is 2.43. The topological polar surface area (TPSA) is 20.2 Å². The van der Waals surface area contributed by atoms with Crippen molar-refractivity contribution in [1.29, 1.82) is 0 Å². The monoisotopic (exact) mass is 126 g/mol. The summed E-state index contributed by atoms with van der Waals surface area (Å²) in [5, 5.41) is 8.83. The van der Waals surface area contributed by atoms with Gasteiger partial charge >= 0.3 is 0 Å². The Morgan fingerprint density at radius 1 is 1.44 bits per heavy atom. The molecule has 1 aliphatic rings. The van der Waals surface area contributed by atoms with Gasteiger partial charge in [0.2, 0.25) is 0 Å².